The van der Waals surface area contributed by atoms with Crippen molar-refractivity contribution in [3.8, 4) is 0 Å². The summed E-state index contributed by atoms with van der Waals surface area (Å²) in [6.45, 7) is 3.46. The second kappa shape index (κ2) is 9.13. The predicted molar refractivity (Wildman–Crippen MR) is 121 cm³/mol. The van der Waals surface area contributed by atoms with Crippen molar-refractivity contribution in [3.63, 3.8) is 0 Å². The summed E-state index contributed by atoms with van der Waals surface area (Å²) in [4.78, 5) is 36.9. The van der Waals surface area contributed by atoms with Crippen molar-refractivity contribution >= 4 is 39.2 Å². The molecule has 0 radical (unpaired) electrons. The third-order valence-corrected chi connectivity index (χ3v) is 7.27. The number of aryl methyl sites for hydroxylation is 2. The molecule has 2 heterocycles. The maximum absolute atomic E-state index is 12.7. The van der Waals surface area contributed by atoms with Crippen LogP contribution in [0.25, 0.3) is 10.2 Å². The first-order valence-electron chi connectivity index (χ1n) is 10.1. The number of rotatable bonds is 8. The van der Waals surface area contributed by atoms with Crippen LogP contribution in [0.4, 0.5) is 0 Å². The fourth-order valence-electron chi connectivity index (χ4n) is 3.81. The zero-order valence-corrected chi connectivity index (χ0v) is 18.2. The predicted octanol–water partition coefficient (Wildman–Crippen LogP) is 4.15. The summed E-state index contributed by atoms with van der Waals surface area (Å²) in [7, 11) is 0. The number of thioether (sulfide) groups is 1. The Morgan fingerprint density at radius 1 is 1.28 bits per heavy atom. The summed E-state index contributed by atoms with van der Waals surface area (Å²) in [5, 5.41) is 0.782. The van der Waals surface area contributed by atoms with Gasteiger partial charge in [0.25, 0.3) is 5.56 Å². The Morgan fingerprint density at radius 3 is 2.90 bits per heavy atom. The highest BCUT2D eigenvalue weighted by Crippen LogP contribution is 2.34. The van der Waals surface area contributed by atoms with Gasteiger partial charge < -0.3 is 9.88 Å². The summed E-state index contributed by atoms with van der Waals surface area (Å²) < 4.78 is 0. The molecule has 1 N–H and O–H groups in total. The van der Waals surface area contributed by atoms with Crippen LogP contribution in [-0.4, -0.2) is 33.1 Å². The first-order chi connectivity index (χ1) is 14.2. The van der Waals surface area contributed by atoms with Gasteiger partial charge in [0.2, 0.25) is 5.91 Å². The molecule has 1 aliphatic rings. The lowest BCUT2D eigenvalue weighted by Crippen LogP contribution is -2.32. The number of aromatic amines is 1. The Hall–Kier alpha value is -2.12. The largest absolute Gasteiger partial charge is 0.338 e. The average Bonchev–Trinajstić information content (AvgIpc) is 3.29. The van der Waals surface area contributed by atoms with Crippen LogP contribution in [0.3, 0.4) is 0 Å². The Balaban J connectivity index is 1.38. The highest BCUT2D eigenvalue weighted by atomic mass is 32.2. The topological polar surface area (TPSA) is 66.1 Å². The number of hydrogen-bond acceptors (Lipinski definition) is 5. The lowest BCUT2D eigenvalue weighted by atomic mass is 10.2. The van der Waals surface area contributed by atoms with Crippen molar-refractivity contribution in [2.24, 2.45) is 0 Å². The number of amides is 1. The fraction of sp³-hybridized carbons (Fsp3) is 0.409. The molecule has 1 aromatic carbocycles. The Morgan fingerprint density at radius 2 is 2.10 bits per heavy atom. The van der Waals surface area contributed by atoms with E-state index < -0.39 is 0 Å². The average molecular weight is 428 g/mol. The van der Waals surface area contributed by atoms with Gasteiger partial charge in [-0.1, -0.05) is 37.3 Å². The van der Waals surface area contributed by atoms with Crippen molar-refractivity contribution in [3.05, 3.63) is 62.5 Å². The molecule has 2 aromatic heterocycles. The fourth-order valence-corrected chi connectivity index (χ4v) is 5.88. The van der Waals surface area contributed by atoms with Gasteiger partial charge in [0.1, 0.15) is 10.7 Å². The second-order valence-corrected chi connectivity index (χ2v) is 9.41. The molecule has 0 unspecified atom stereocenters. The van der Waals surface area contributed by atoms with E-state index in [2.05, 4.69) is 16.9 Å². The number of nitrogens with one attached hydrogen (secondary N) is 1. The molecule has 29 heavy (non-hydrogen) atoms. The van der Waals surface area contributed by atoms with Crippen LogP contribution in [0, 0.1) is 0 Å². The summed E-state index contributed by atoms with van der Waals surface area (Å²) in [5.74, 6) is 1.70. The molecular weight excluding hydrogens is 402 g/mol. The van der Waals surface area contributed by atoms with Gasteiger partial charge in [-0.05, 0) is 36.8 Å². The Kier molecular flexibility index (Phi) is 6.35. The van der Waals surface area contributed by atoms with E-state index in [0.29, 0.717) is 23.9 Å². The van der Waals surface area contributed by atoms with Gasteiger partial charge in [0.05, 0.1) is 16.9 Å². The first kappa shape index (κ1) is 20.2. The van der Waals surface area contributed by atoms with Crippen molar-refractivity contribution in [1.29, 1.82) is 0 Å². The molecule has 0 saturated carbocycles. The van der Waals surface area contributed by atoms with E-state index in [9.17, 15) is 9.59 Å². The number of H-pyrrole nitrogens is 1. The van der Waals surface area contributed by atoms with E-state index in [0.717, 1.165) is 48.0 Å². The number of hydrogen-bond donors (Lipinski definition) is 1. The molecule has 1 aliphatic carbocycles. The van der Waals surface area contributed by atoms with Crippen LogP contribution in [0.15, 0.2) is 35.1 Å². The van der Waals surface area contributed by atoms with E-state index in [4.69, 9.17) is 0 Å². The molecule has 152 valence electrons. The highest BCUT2D eigenvalue weighted by molar-refractivity contribution is 7.99. The smallest absolute Gasteiger partial charge is 0.259 e. The van der Waals surface area contributed by atoms with Gasteiger partial charge in [-0.25, -0.2) is 4.98 Å². The van der Waals surface area contributed by atoms with Gasteiger partial charge in [-0.3, -0.25) is 9.59 Å². The molecular formula is C22H25N3O2S2. The van der Waals surface area contributed by atoms with Crippen LogP contribution in [0.2, 0.25) is 0 Å². The monoisotopic (exact) mass is 427 g/mol. The van der Waals surface area contributed by atoms with E-state index >= 15 is 0 Å². The summed E-state index contributed by atoms with van der Waals surface area (Å²) in [5.41, 5.74) is 2.30. The van der Waals surface area contributed by atoms with Crippen molar-refractivity contribution in [2.45, 2.75) is 44.9 Å². The molecule has 4 rings (SSSR count). The quantitative estimate of drug-likeness (QED) is 0.587. The minimum atomic E-state index is -0.0342. The lowest BCUT2D eigenvalue weighted by Gasteiger charge is -2.22. The molecule has 0 aliphatic heterocycles. The van der Waals surface area contributed by atoms with Crippen molar-refractivity contribution < 1.29 is 4.79 Å². The van der Waals surface area contributed by atoms with E-state index in [1.165, 1.54) is 22.2 Å². The molecule has 1 amide bonds. The SMILES string of the molecule is CCCN(Cc1ccccc1)C(=O)CSCc1nc2sc3c(c2c(=O)[nH]1)CCC3. The van der Waals surface area contributed by atoms with Gasteiger partial charge in [0.15, 0.2) is 0 Å². The number of benzene rings is 1. The Labute approximate surface area is 178 Å². The molecule has 0 spiro atoms. The maximum atomic E-state index is 12.7. The number of carbonyl (C=O) groups excluding carboxylic acids is 1. The van der Waals surface area contributed by atoms with Gasteiger partial charge in [-0.2, -0.15) is 0 Å². The maximum Gasteiger partial charge on any atom is 0.259 e. The first-order valence-corrected chi connectivity index (χ1v) is 12.1. The van der Waals surface area contributed by atoms with Gasteiger partial charge in [-0.15, -0.1) is 23.1 Å². The molecule has 0 fully saturated rings. The summed E-state index contributed by atoms with van der Waals surface area (Å²) in [6, 6.07) is 10.1. The second-order valence-electron chi connectivity index (χ2n) is 7.34. The zero-order valence-electron chi connectivity index (χ0n) is 16.6. The van der Waals surface area contributed by atoms with Crippen LogP contribution in [-0.2, 0) is 29.9 Å². The number of carbonyl (C=O) groups is 1. The van der Waals surface area contributed by atoms with E-state index in [-0.39, 0.29) is 11.5 Å². The van der Waals surface area contributed by atoms with Crippen molar-refractivity contribution in [2.75, 3.05) is 12.3 Å². The lowest BCUT2D eigenvalue weighted by molar-refractivity contribution is -0.129. The minimum absolute atomic E-state index is 0.0342. The molecule has 7 heteroatoms. The molecule has 0 saturated heterocycles. The zero-order chi connectivity index (χ0) is 20.2. The Bertz CT molecular complexity index is 1060. The van der Waals surface area contributed by atoms with Crippen molar-refractivity contribution in [1.82, 2.24) is 14.9 Å². The molecule has 0 atom stereocenters. The van der Waals surface area contributed by atoms with Crippen LogP contribution < -0.4 is 5.56 Å². The van der Waals surface area contributed by atoms with Gasteiger partial charge >= 0.3 is 0 Å². The molecule has 3 aromatic rings. The van der Waals surface area contributed by atoms with E-state index in [1.54, 1.807) is 11.3 Å². The van der Waals surface area contributed by atoms with Gasteiger partial charge in [0, 0.05) is 18.0 Å². The number of fused-ring (bicyclic) bond motifs is 3. The third-order valence-electron chi connectivity index (χ3n) is 5.15. The number of aromatic nitrogens is 2. The van der Waals surface area contributed by atoms with E-state index in [1.807, 2.05) is 35.2 Å². The van der Waals surface area contributed by atoms with Crippen LogP contribution >= 0.6 is 23.1 Å². The summed E-state index contributed by atoms with van der Waals surface area (Å²) >= 11 is 3.16. The third kappa shape index (κ3) is 4.56. The molecule has 5 nitrogen and oxygen atoms in total. The minimum Gasteiger partial charge on any atom is -0.338 e. The normalized spacial score (nSPS) is 13.0. The highest BCUT2D eigenvalue weighted by Gasteiger charge is 2.21. The number of nitrogens with zero attached hydrogens (tertiary/aromatic N) is 2. The standard InChI is InChI=1S/C22H25N3O2S2/c1-2-11-25(12-15-7-4-3-5-8-15)19(26)14-28-13-18-23-21(27)20-16-9-6-10-17(16)29-22(20)24-18/h3-5,7-8H,2,6,9-14H2,1H3,(H,23,24,27). The van der Waals surface area contributed by atoms with Crippen LogP contribution in [0.5, 0.6) is 0 Å². The number of thiophene rings is 1. The summed E-state index contributed by atoms with van der Waals surface area (Å²) in [6.07, 6.45) is 4.10. The van der Waals surface area contributed by atoms with Crippen LogP contribution in [0.1, 0.15) is 41.6 Å². The molecule has 0 bridgehead atoms.